The second-order valence-corrected chi connectivity index (χ2v) is 5.67. The van der Waals surface area contributed by atoms with Gasteiger partial charge in [-0.15, -0.1) is 0 Å². The van der Waals surface area contributed by atoms with Gasteiger partial charge >= 0.3 is 0 Å². The Morgan fingerprint density at radius 2 is 1.24 bits per heavy atom. The Labute approximate surface area is 125 Å². The van der Waals surface area contributed by atoms with E-state index in [1.54, 1.807) is 0 Å². The first kappa shape index (κ1) is 14.9. The third-order valence-corrected chi connectivity index (χ3v) is 4.15. The lowest BCUT2D eigenvalue weighted by Crippen LogP contribution is -2.36. The quantitative estimate of drug-likeness (QED) is 0.840. The van der Waals surface area contributed by atoms with Crippen LogP contribution < -0.4 is 0 Å². The molecule has 0 N–H and O–H groups in total. The van der Waals surface area contributed by atoms with E-state index in [-0.39, 0.29) is 5.82 Å². The van der Waals surface area contributed by atoms with Gasteiger partial charge in [0.15, 0.2) is 0 Å². The minimum atomic E-state index is -0.0458. The van der Waals surface area contributed by atoms with Crippen molar-refractivity contribution in [3.05, 3.63) is 35.1 Å². The first-order valence-corrected chi connectivity index (χ1v) is 7.69. The molecule has 2 heterocycles. The molecule has 0 aromatic heterocycles. The van der Waals surface area contributed by atoms with Crippen LogP contribution in [-0.4, -0.2) is 62.4 Å². The topological polar surface area (TPSA) is 24.9 Å². The summed E-state index contributed by atoms with van der Waals surface area (Å²) in [4.78, 5) is 4.50. The summed E-state index contributed by atoms with van der Waals surface area (Å²) >= 11 is 0. The van der Waals surface area contributed by atoms with Crippen molar-refractivity contribution < 1.29 is 13.9 Å². The molecule has 5 heteroatoms. The molecule has 116 valence electrons. The predicted octanol–water partition coefficient (Wildman–Crippen LogP) is 1.49. The van der Waals surface area contributed by atoms with Crippen LogP contribution in [0.5, 0.6) is 0 Å². The Morgan fingerprint density at radius 3 is 1.67 bits per heavy atom. The Kier molecular flexibility index (Phi) is 5.19. The number of benzene rings is 1. The maximum Gasteiger partial charge on any atom is 0.132 e. The van der Waals surface area contributed by atoms with E-state index in [4.69, 9.17) is 9.47 Å². The van der Waals surface area contributed by atoms with Gasteiger partial charge in [-0.25, -0.2) is 4.39 Å². The van der Waals surface area contributed by atoms with Crippen LogP contribution in [0.25, 0.3) is 0 Å². The summed E-state index contributed by atoms with van der Waals surface area (Å²) in [5.41, 5.74) is 1.59. The first-order chi connectivity index (χ1) is 10.3. The summed E-state index contributed by atoms with van der Waals surface area (Å²) in [7, 11) is 0. The number of hydrogen-bond acceptors (Lipinski definition) is 4. The van der Waals surface area contributed by atoms with Crippen molar-refractivity contribution in [2.45, 2.75) is 13.1 Å². The predicted molar refractivity (Wildman–Crippen MR) is 78.6 cm³/mol. The fourth-order valence-electron chi connectivity index (χ4n) is 2.88. The van der Waals surface area contributed by atoms with Crippen LogP contribution in [0.1, 0.15) is 11.1 Å². The standard InChI is InChI=1S/C16H23FN2O2/c17-16-14(12-18-4-8-20-9-5-18)2-1-3-15(16)13-19-6-10-21-11-7-19/h1-3H,4-13H2. The Morgan fingerprint density at radius 1 is 0.810 bits per heavy atom. The number of ether oxygens (including phenoxy) is 2. The molecule has 4 nitrogen and oxygen atoms in total. The lowest BCUT2D eigenvalue weighted by atomic mass is 10.1. The maximum atomic E-state index is 14.7. The van der Waals surface area contributed by atoms with Crippen LogP contribution in [0.15, 0.2) is 18.2 Å². The molecule has 0 spiro atoms. The van der Waals surface area contributed by atoms with E-state index in [2.05, 4.69) is 9.80 Å². The van der Waals surface area contributed by atoms with E-state index < -0.39 is 0 Å². The summed E-state index contributed by atoms with van der Waals surface area (Å²) in [6.07, 6.45) is 0. The SMILES string of the molecule is Fc1c(CN2CCOCC2)cccc1CN1CCOCC1. The van der Waals surface area contributed by atoms with Gasteiger partial charge in [-0.1, -0.05) is 18.2 Å². The van der Waals surface area contributed by atoms with Gasteiger partial charge in [0.1, 0.15) is 5.82 Å². The molecular formula is C16H23FN2O2. The molecule has 2 saturated heterocycles. The third kappa shape index (κ3) is 4.01. The highest BCUT2D eigenvalue weighted by molar-refractivity contribution is 5.26. The largest absolute Gasteiger partial charge is 0.379 e. The highest BCUT2D eigenvalue weighted by Gasteiger charge is 2.17. The molecule has 21 heavy (non-hydrogen) atoms. The minimum absolute atomic E-state index is 0.0458. The molecule has 3 rings (SSSR count). The van der Waals surface area contributed by atoms with Crippen molar-refractivity contribution in [3.8, 4) is 0 Å². The summed E-state index contributed by atoms with van der Waals surface area (Å²) in [6, 6.07) is 5.76. The average molecular weight is 294 g/mol. The Balaban J connectivity index is 1.65. The molecule has 0 radical (unpaired) electrons. The van der Waals surface area contributed by atoms with E-state index in [9.17, 15) is 4.39 Å². The van der Waals surface area contributed by atoms with Crippen molar-refractivity contribution in [2.24, 2.45) is 0 Å². The van der Waals surface area contributed by atoms with Crippen molar-refractivity contribution in [3.63, 3.8) is 0 Å². The average Bonchev–Trinajstić information content (AvgIpc) is 2.53. The molecule has 0 bridgehead atoms. The van der Waals surface area contributed by atoms with Crippen LogP contribution in [0.4, 0.5) is 4.39 Å². The van der Waals surface area contributed by atoms with Crippen LogP contribution in [0.2, 0.25) is 0 Å². The van der Waals surface area contributed by atoms with E-state index >= 15 is 0 Å². The lowest BCUT2D eigenvalue weighted by molar-refractivity contribution is 0.0324. The number of morpholine rings is 2. The van der Waals surface area contributed by atoms with Crippen LogP contribution in [-0.2, 0) is 22.6 Å². The van der Waals surface area contributed by atoms with Gasteiger partial charge in [0.25, 0.3) is 0 Å². The molecule has 1 aromatic carbocycles. The fourth-order valence-corrected chi connectivity index (χ4v) is 2.88. The van der Waals surface area contributed by atoms with Crippen molar-refractivity contribution >= 4 is 0 Å². The van der Waals surface area contributed by atoms with Gasteiger partial charge in [0.2, 0.25) is 0 Å². The highest BCUT2D eigenvalue weighted by atomic mass is 19.1. The van der Waals surface area contributed by atoms with Gasteiger partial charge in [-0.3, -0.25) is 9.80 Å². The zero-order valence-electron chi connectivity index (χ0n) is 12.4. The number of rotatable bonds is 4. The van der Waals surface area contributed by atoms with Gasteiger partial charge in [-0.05, 0) is 0 Å². The van der Waals surface area contributed by atoms with E-state index in [1.807, 2.05) is 18.2 Å². The summed E-state index contributed by atoms with van der Waals surface area (Å²) in [5.74, 6) is -0.0458. The van der Waals surface area contributed by atoms with Crippen molar-refractivity contribution in [1.29, 1.82) is 0 Å². The van der Waals surface area contributed by atoms with Gasteiger partial charge in [-0.2, -0.15) is 0 Å². The zero-order valence-corrected chi connectivity index (χ0v) is 12.4. The highest BCUT2D eigenvalue weighted by Crippen LogP contribution is 2.18. The van der Waals surface area contributed by atoms with Crippen LogP contribution >= 0.6 is 0 Å². The normalized spacial score (nSPS) is 21.6. The molecule has 2 aliphatic heterocycles. The smallest absolute Gasteiger partial charge is 0.132 e. The minimum Gasteiger partial charge on any atom is -0.379 e. The fraction of sp³-hybridized carbons (Fsp3) is 0.625. The Bertz CT molecular complexity index is 419. The maximum absolute atomic E-state index is 14.7. The molecule has 0 unspecified atom stereocenters. The molecule has 0 amide bonds. The summed E-state index contributed by atoms with van der Waals surface area (Å²) in [5, 5.41) is 0. The second kappa shape index (κ2) is 7.31. The molecule has 0 aliphatic carbocycles. The lowest BCUT2D eigenvalue weighted by Gasteiger charge is -2.28. The number of nitrogens with zero attached hydrogens (tertiary/aromatic N) is 2. The van der Waals surface area contributed by atoms with Crippen LogP contribution in [0, 0.1) is 5.82 Å². The molecule has 2 aliphatic rings. The molecule has 2 fully saturated rings. The zero-order chi connectivity index (χ0) is 14.5. The summed E-state index contributed by atoms with van der Waals surface area (Å²) in [6.45, 7) is 7.85. The van der Waals surface area contributed by atoms with E-state index in [1.165, 1.54) is 0 Å². The number of hydrogen-bond donors (Lipinski definition) is 0. The van der Waals surface area contributed by atoms with Gasteiger partial charge < -0.3 is 9.47 Å². The monoisotopic (exact) mass is 294 g/mol. The molecule has 0 saturated carbocycles. The molecular weight excluding hydrogens is 271 g/mol. The van der Waals surface area contributed by atoms with Crippen molar-refractivity contribution in [2.75, 3.05) is 52.6 Å². The van der Waals surface area contributed by atoms with E-state index in [0.717, 1.165) is 63.7 Å². The van der Waals surface area contributed by atoms with Gasteiger partial charge in [0, 0.05) is 50.4 Å². The number of halogens is 1. The van der Waals surface area contributed by atoms with E-state index in [0.29, 0.717) is 13.1 Å². The van der Waals surface area contributed by atoms with Crippen LogP contribution in [0.3, 0.4) is 0 Å². The second-order valence-electron chi connectivity index (χ2n) is 5.67. The first-order valence-electron chi connectivity index (χ1n) is 7.69. The molecule has 1 aromatic rings. The third-order valence-electron chi connectivity index (χ3n) is 4.15. The molecule has 0 atom stereocenters. The van der Waals surface area contributed by atoms with Crippen molar-refractivity contribution in [1.82, 2.24) is 9.80 Å². The summed E-state index contributed by atoms with van der Waals surface area (Å²) < 4.78 is 25.3. The Hall–Kier alpha value is -1.01. The van der Waals surface area contributed by atoms with Gasteiger partial charge in [0.05, 0.1) is 26.4 Å².